The Hall–Kier alpha value is -3.02. The minimum atomic E-state index is -0.485. The first-order chi connectivity index (χ1) is 21.3. The number of carbonyl (C=O) groups excluding carboxylic acids is 2. The van der Waals surface area contributed by atoms with Crippen LogP contribution in [0.3, 0.4) is 0 Å². The second kappa shape index (κ2) is 20.8. The van der Waals surface area contributed by atoms with Crippen LogP contribution in [0.1, 0.15) is 139 Å². The van der Waals surface area contributed by atoms with Gasteiger partial charge >= 0.3 is 11.9 Å². The van der Waals surface area contributed by atoms with Gasteiger partial charge in [0.25, 0.3) is 0 Å². The predicted molar refractivity (Wildman–Crippen MR) is 178 cm³/mol. The van der Waals surface area contributed by atoms with Crippen molar-refractivity contribution in [1.29, 1.82) is 0 Å². The van der Waals surface area contributed by atoms with E-state index < -0.39 is 6.10 Å². The SMILES string of the molecule is CCCCc1cc(CCC(=O)OCC(CC)OC(=O)CCc2cc(CCCC)c(O)c(CCCC)c2)cc(CCCC)c1O. The fourth-order valence-corrected chi connectivity index (χ4v) is 5.42. The second-order valence-corrected chi connectivity index (χ2v) is 12.1. The molecule has 0 saturated heterocycles. The topological polar surface area (TPSA) is 93.1 Å². The zero-order chi connectivity index (χ0) is 32.3. The van der Waals surface area contributed by atoms with Gasteiger partial charge in [-0.15, -0.1) is 0 Å². The lowest BCUT2D eigenvalue weighted by Gasteiger charge is -2.17. The van der Waals surface area contributed by atoms with E-state index >= 15 is 0 Å². The Labute approximate surface area is 266 Å². The molecule has 246 valence electrons. The Bertz CT molecular complexity index is 1100. The summed E-state index contributed by atoms with van der Waals surface area (Å²) in [5.41, 5.74) is 5.93. The van der Waals surface area contributed by atoms with E-state index in [1.54, 1.807) is 0 Å². The Morgan fingerprint density at radius 3 is 1.30 bits per heavy atom. The summed E-state index contributed by atoms with van der Waals surface area (Å²) in [6, 6.07) is 8.11. The van der Waals surface area contributed by atoms with Gasteiger partial charge in [0, 0.05) is 12.8 Å². The largest absolute Gasteiger partial charge is 0.507 e. The van der Waals surface area contributed by atoms with Gasteiger partial charge in [-0.1, -0.05) is 84.6 Å². The summed E-state index contributed by atoms with van der Waals surface area (Å²) in [7, 11) is 0. The van der Waals surface area contributed by atoms with Crippen molar-refractivity contribution in [3.05, 3.63) is 57.6 Å². The quantitative estimate of drug-likeness (QED) is 0.129. The van der Waals surface area contributed by atoms with Gasteiger partial charge in [0.1, 0.15) is 24.2 Å². The highest BCUT2D eigenvalue weighted by molar-refractivity contribution is 5.71. The molecule has 6 heteroatoms. The minimum Gasteiger partial charge on any atom is -0.507 e. The van der Waals surface area contributed by atoms with Crippen molar-refractivity contribution in [3.63, 3.8) is 0 Å². The summed E-state index contributed by atoms with van der Waals surface area (Å²) in [6.45, 7) is 10.5. The number of hydrogen-bond acceptors (Lipinski definition) is 6. The smallest absolute Gasteiger partial charge is 0.306 e. The molecule has 2 N–H and O–H groups in total. The number of phenols is 2. The van der Waals surface area contributed by atoms with Crippen molar-refractivity contribution in [3.8, 4) is 11.5 Å². The Morgan fingerprint density at radius 1 is 0.591 bits per heavy atom. The van der Waals surface area contributed by atoms with Crippen molar-refractivity contribution < 1.29 is 29.3 Å². The molecule has 0 bridgehead atoms. The fourth-order valence-electron chi connectivity index (χ4n) is 5.42. The molecule has 0 aliphatic carbocycles. The first kappa shape index (κ1) is 37.2. The van der Waals surface area contributed by atoms with Crippen LogP contribution in [0.4, 0.5) is 0 Å². The predicted octanol–water partition coefficient (Wildman–Crippen LogP) is 8.90. The highest BCUT2D eigenvalue weighted by Gasteiger charge is 2.17. The summed E-state index contributed by atoms with van der Waals surface area (Å²) in [4.78, 5) is 25.4. The molecule has 0 fully saturated rings. The molecule has 0 saturated carbocycles. The maximum Gasteiger partial charge on any atom is 0.306 e. The van der Waals surface area contributed by atoms with E-state index in [2.05, 4.69) is 27.7 Å². The van der Waals surface area contributed by atoms with Crippen molar-refractivity contribution in [2.45, 2.75) is 150 Å². The normalized spacial score (nSPS) is 11.8. The number of esters is 2. The zero-order valence-electron chi connectivity index (χ0n) is 28.1. The first-order valence-corrected chi connectivity index (χ1v) is 17.3. The molecule has 0 aliphatic heterocycles. The molecule has 2 aromatic rings. The van der Waals surface area contributed by atoms with Crippen LogP contribution in [0, 0.1) is 0 Å². The standard InChI is InChI=1S/C38H58O6/c1-6-11-15-30-23-28(24-31(37(30)41)16-12-7-2)19-21-35(39)43-27-34(10-5)44-36(40)22-20-29-25-32(17-13-8-3)38(42)33(26-29)18-14-9-4/h23-26,34,41-42H,6-22,27H2,1-5H3. The second-order valence-electron chi connectivity index (χ2n) is 12.1. The lowest BCUT2D eigenvalue weighted by atomic mass is 9.95. The third-order valence-corrected chi connectivity index (χ3v) is 8.27. The van der Waals surface area contributed by atoms with Crippen LogP contribution < -0.4 is 0 Å². The minimum absolute atomic E-state index is 0.0433. The number of aromatic hydroxyl groups is 2. The van der Waals surface area contributed by atoms with Crippen molar-refractivity contribution in [2.75, 3.05) is 6.61 Å². The molecule has 6 nitrogen and oxygen atoms in total. The van der Waals surface area contributed by atoms with Gasteiger partial charge in [-0.25, -0.2) is 0 Å². The van der Waals surface area contributed by atoms with Crippen LogP contribution in [0.25, 0.3) is 0 Å². The first-order valence-electron chi connectivity index (χ1n) is 17.3. The van der Waals surface area contributed by atoms with Gasteiger partial charge in [0.15, 0.2) is 0 Å². The van der Waals surface area contributed by atoms with Crippen LogP contribution in [0.5, 0.6) is 11.5 Å². The number of carbonyl (C=O) groups is 2. The molecule has 0 aromatic heterocycles. The van der Waals surface area contributed by atoms with Crippen LogP contribution in [-0.2, 0) is 57.6 Å². The Morgan fingerprint density at radius 2 is 0.955 bits per heavy atom. The summed E-state index contributed by atoms with van der Waals surface area (Å²) in [5.74, 6) is 0.186. The average Bonchev–Trinajstić information content (AvgIpc) is 3.02. The Balaban J connectivity index is 1.91. The summed E-state index contributed by atoms with van der Waals surface area (Å²) < 4.78 is 11.2. The zero-order valence-corrected chi connectivity index (χ0v) is 28.1. The van der Waals surface area contributed by atoms with Crippen molar-refractivity contribution >= 4 is 11.9 Å². The van der Waals surface area contributed by atoms with E-state index in [1.165, 1.54) is 0 Å². The number of phenolic OH excluding ortho intramolecular Hbond substituents is 2. The van der Waals surface area contributed by atoms with Gasteiger partial charge in [0.2, 0.25) is 0 Å². The number of unbranched alkanes of at least 4 members (excludes halogenated alkanes) is 4. The number of aryl methyl sites for hydroxylation is 6. The molecule has 0 aliphatic rings. The highest BCUT2D eigenvalue weighted by atomic mass is 16.6. The molecule has 0 heterocycles. The molecule has 1 unspecified atom stereocenters. The van der Waals surface area contributed by atoms with E-state index in [1.807, 2.05) is 31.2 Å². The number of hydrogen-bond donors (Lipinski definition) is 2. The summed E-state index contributed by atoms with van der Waals surface area (Å²) >= 11 is 0. The molecule has 1 atom stereocenters. The van der Waals surface area contributed by atoms with Crippen LogP contribution in [0.15, 0.2) is 24.3 Å². The van der Waals surface area contributed by atoms with E-state index in [9.17, 15) is 19.8 Å². The maximum atomic E-state index is 12.7. The molecule has 2 aromatic carbocycles. The third kappa shape index (κ3) is 12.9. The van der Waals surface area contributed by atoms with E-state index in [0.717, 1.165) is 110 Å². The number of rotatable bonds is 22. The van der Waals surface area contributed by atoms with E-state index in [0.29, 0.717) is 30.8 Å². The van der Waals surface area contributed by atoms with Crippen molar-refractivity contribution in [1.82, 2.24) is 0 Å². The van der Waals surface area contributed by atoms with Gasteiger partial charge in [-0.05, 0) is 104 Å². The molecule has 0 amide bonds. The van der Waals surface area contributed by atoms with Gasteiger partial charge in [-0.2, -0.15) is 0 Å². The molecule has 44 heavy (non-hydrogen) atoms. The molecule has 0 spiro atoms. The number of ether oxygens (including phenoxy) is 2. The van der Waals surface area contributed by atoms with Gasteiger partial charge in [0.05, 0.1) is 0 Å². The van der Waals surface area contributed by atoms with Crippen LogP contribution >= 0.6 is 0 Å². The lowest BCUT2D eigenvalue weighted by molar-refractivity contribution is -0.159. The van der Waals surface area contributed by atoms with Crippen LogP contribution in [0.2, 0.25) is 0 Å². The number of benzene rings is 2. The highest BCUT2D eigenvalue weighted by Crippen LogP contribution is 2.30. The lowest BCUT2D eigenvalue weighted by Crippen LogP contribution is -2.25. The van der Waals surface area contributed by atoms with E-state index in [4.69, 9.17) is 9.47 Å². The van der Waals surface area contributed by atoms with Crippen molar-refractivity contribution in [2.24, 2.45) is 0 Å². The molecular weight excluding hydrogens is 552 g/mol. The van der Waals surface area contributed by atoms with Crippen LogP contribution in [-0.4, -0.2) is 34.9 Å². The summed E-state index contributed by atoms with van der Waals surface area (Å²) in [6.07, 6.45) is 13.2. The third-order valence-electron chi connectivity index (χ3n) is 8.27. The average molecular weight is 611 g/mol. The van der Waals surface area contributed by atoms with Gasteiger partial charge in [-0.3, -0.25) is 9.59 Å². The molecule has 2 rings (SSSR count). The molecular formula is C38H58O6. The Kier molecular flexibility index (Phi) is 17.6. The molecule has 0 radical (unpaired) electrons. The van der Waals surface area contributed by atoms with Gasteiger partial charge < -0.3 is 19.7 Å². The summed E-state index contributed by atoms with van der Waals surface area (Å²) in [5, 5.41) is 21.5. The monoisotopic (exact) mass is 610 g/mol. The fraction of sp³-hybridized carbons (Fsp3) is 0.632. The van der Waals surface area contributed by atoms with E-state index in [-0.39, 0.29) is 31.4 Å². The maximum absolute atomic E-state index is 12.7.